The molecule has 0 bridgehead atoms. The molecule has 102 valence electrons. The van der Waals surface area contributed by atoms with E-state index in [0.717, 1.165) is 19.4 Å². The van der Waals surface area contributed by atoms with Gasteiger partial charge in [-0.1, -0.05) is 0 Å². The number of hydrogen-bond donors (Lipinski definition) is 3. The molecule has 1 fully saturated rings. The minimum absolute atomic E-state index is 0.0280. The molecule has 1 aromatic rings. The second-order valence-corrected chi connectivity index (χ2v) is 5.39. The van der Waals surface area contributed by atoms with Crippen molar-refractivity contribution in [2.75, 3.05) is 18.4 Å². The number of nitrogens with one attached hydrogen (secondary N) is 2. The summed E-state index contributed by atoms with van der Waals surface area (Å²) in [6.45, 7) is 1.65. The van der Waals surface area contributed by atoms with Crippen molar-refractivity contribution in [1.29, 1.82) is 0 Å². The van der Waals surface area contributed by atoms with Crippen LogP contribution in [0.15, 0.2) is 22.7 Å². The van der Waals surface area contributed by atoms with Crippen LogP contribution in [0.3, 0.4) is 0 Å². The Balaban J connectivity index is 2.06. The van der Waals surface area contributed by atoms with Gasteiger partial charge in [-0.05, 0) is 53.5 Å². The predicted molar refractivity (Wildman–Crippen MR) is 75.3 cm³/mol. The first-order valence-electron chi connectivity index (χ1n) is 6.12. The number of amides is 1. The second kappa shape index (κ2) is 6.16. The summed E-state index contributed by atoms with van der Waals surface area (Å²) in [4.78, 5) is 22.9. The summed E-state index contributed by atoms with van der Waals surface area (Å²) in [6.07, 6.45) is 1.88. The van der Waals surface area contributed by atoms with E-state index in [1.165, 1.54) is 12.1 Å². The van der Waals surface area contributed by atoms with Crippen molar-refractivity contribution in [3.8, 4) is 0 Å². The molecule has 1 heterocycles. The number of hydrogen-bond acceptors (Lipinski definition) is 3. The second-order valence-electron chi connectivity index (χ2n) is 4.53. The molecule has 0 radical (unpaired) electrons. The fourth-order valence-electron chi connectivity index (χ4n) is 2.06. The van der Waals surface area contributed by atoms with Crippen LogP contribution in [0.25, 0.3) is 0 Å². The molecule has 0 aromatic heterocycles. The van der Waals surface area contributed by atoms with E-state index in [1.807, 2.05) is 0 Å². The van der Waals surface area contributed by atoms with Crippen LogP contribution in [0, 0.1) is 5.92 Å². The number of aromatic carboxylic acids is 1. The fourth-order valence-corrected chi connectivity index (χ4v) is 2.54. The van der Waals surface area contributed by atoms with Gasteiger partial charge in [0.1, 0.15) is 0 Å². The Hall–Kier alpha value is -1.40. The predicted octanol–water partition coefficient (Wildman–Crippen LogP) is 2.09. The Kier molecular flexibility index (Phi) is 4.55. The first-order valence-corrected chi connectivity index (χ1v) is 6.91. The molecule has 1 saturated heterocycles. The SMILES string of the molecule is O=C(O)c1ccc(NC(=O)C2CCCNC2)c(Br)c1. The van der Waals surface area contributed by atoms with E-state index in [-0.39, 0.29) is 17.4 Å². The maximum Gasteiger partial charge on any atom is 0.335 e. The third-order valence-corrected chi connectivity index (χ3v) is 3.80. The van der Waals surface area contributed by atoms with Crippen LogP contribution in [0.5, 0.6) is 0 Å². The van der Waals surface area contributed by atoms with Crippen molar-refractivity contribution in [3.05, 3.63) is 28.2 Å². The van der Waals surface area contributed by atoms with Crippen molar-refractivity contribution < 1.29 is 14.7 Å². The van der Waals surface area contributed by atoms with E-state index in [4.69, 9.17) is 5.11 Å². The van der Waals surface area contributed by atoms with Crippen molar-refractivity contribution in [2.24, 2.45) is 5.92 Å². The summed E-state index contributed by atoms with van der Waals surface area (Å²) < 4.78 is 0.574. The van der Waals surface area contributed by atoms with Crippen LogP contribution in [-0.2, 0) is 4.79 Å². The Morgan fingerprint density at radius 3 is 2.79 bits per heavy atom. The number of carboxylic acid groups (broad SMARTS) is 1. The topological polar surface area (TPSA) is 78.4 Å². The fraction of sp³-hybridized carbons (Fsp3) is 0.385. The van der Waals surface area contributed by atoms with Crippen molar-refractivity contribution in [3.63, 3.8) is 0 Å². The summed E-state index contributed by atoms with van der Waals surface area (Å²) in [5.74, 6) is -1.05. The first kappa shape index (κ1) is 14.0. The van der Waals surface area contributed by atoms with Gasteiger partial charge < -0.3 is 15.7 Å². The average molecular weight is 327 g/mol. The molecule has 1 unspecified atom stereocenters. The lowest BCUT2D eigenvalue weighted by Gasteiger charge is -2.22. The Morgan fingerprint density at radius 1 is 1.42 bits per heavy atom. The molecule has 19 heavy (non-hydrogen) atoms. The van der Waals surface area contributed by atoms with Crippen LogP contribution in [-0.4, -0.2) is 30.1 Å². The molecular formula is C13H15BrN2O3. The van der Waals surface area contributed by atoms with Crippen molar-refractivity contribution in [2.45, 2.75) is 12.8 Å². The molecule has 2 rings (SSSR count). The molecule has 0 saturated carbocycles. The largest absolute Gasteiger partial charge is 0.478 e. The van der Waals surface area contributed by atoms with Crippen molar-refractivity contribution in [1.82, 2.24) is 5.32 Å². The Bertz CT molecular complexity index is 499. The maximum atomic E-state index is 12.1. The van der Waals surface area contributed by atoms with E-state index in [9.17, 15) is 9.59 Å². The normalized spacial score (nSPS) is 18.9. The third kappa shape index (κ3) is 3.54. The highest BCUT2D eigenvalue weighted by atomic mass is 79.9. The van der Waals surface area contributed by atoms with Gasteiger partial charge in [0.25, 0.3) is 0 Å². The first-order chi connectivity index (χ1) is 9.08. The lowest BCUT2D eigenvalue weighted by Crippen LogP contribution is -2.37. The number of anilines is 1. The quantitative estimate of drug-likeness (QED) is 0.794. The average Bonchev–Trinajstić information content (AvgIpc) is 2.41. The van der Waals surface area contributed by atoms with Gasteiger partial charge in [-0.15, -0.1) is 0 Å². The molecule has 1 aromatic carbocycles. The molecule has 1 aliphatic rings. The highest BCUT2D eigenvalue weighted by Crippen LogP contribution is 2.25. The van der Waals surface area contributed by atoms with Crippen LogP contribution in [0.2, 0.25) is 0 Å². The minimum Gasteiger partial charge on any atom is -0.478 e. The molecule has 6 heteroatoms. The van der Waals surface area contributed by atoms with Crippen LogP contribution in [0.1, 0.15) is 23.2 Å². The van der Waals surface area contributed by atoms with Gasteiger partial charge in [0.2, 0.25) is 5.91 Å². The monoisotopic (exact) mass is 326 g/mol. The Labute approximate surface area is 119 Å². The highest BCUT2D eigenvalue weighted by molar-refractivity contribution is 9.10. The van der Waals surface area contributed by atoms with Crippen molar-refractivity contribution >= 4 is 33.5 Å². The van der Waals surface area contributed by atoms with Gasteiger partial charge in [-0.2, -0.15) is 0 Å². The van der Waals surface area contributed by atoms with Gasteiger partial charge in [-0.25, -0.2) is 4.79 Å². The number of carbonyl (C=O) groups excluding carboxylic acids is 1. The van der Waals surface area contributed by atoms with Gasteiger partial charge in [0, 0.05) is 11.0 Å². The molecule has 1 amide bonds. The van der Waals surface area contributed by atoms with E-state index in [1.54, 1.807) is 6.07 Å². The van der Waals surface area contributed by atoms with Crippen LogP contribution >= 0.6 is 15.9 Å². The minimum atomic E-state index is -0.991. The zero-order chi connectivity index (χ0) is 13.8. The molecule has 0 spiro atoms. The molecule has 1 atom stereocenters. The van der Waals surface area contributed by atoms with E-state index >= 15 is 0 Å². The zero-order valence-electron chi connectivity index (χ0n) is 10.3. The smallest absolute Gasteiger partial charge is 0.335 e. The summed E-state index contributed by atoms with van der Waals surface area (Å²) in [6, 6.07) is 4.56. The molecule has 0 aliphatic carbocycles. The highest BCUT2D eigenvalue weighted by Gasteiger charge is 2.21. The van der Waals surface area contributed by atoms with E-state index in [2.05, 4.69) is 26.6 Å². The lowest BCUT2D eigenvalue weighted by molar-refractivity contribution is -0.120. The molecular weight excluding hydrogens is 312 g/mol. The number of piperidine rings is 1. The zero-order valence-corrected chi connectivity index (χ0v) is 11.9. The standard InChI is InChI=1S/C13H15BrN2O3/c14-10-6-8(13(18)19)3-4-11(10)16-12(17)9-2-1-5-15-7-9/h3-4,6,9,15H,1-2,5,7H2,(H,16,17)(H,18,19). The number of halogens is 1. The van der Waals surface area contributed by atoms with Crippen LogP contribution < -0.4 is 10.6 Å². The summed E-state index contributed by atoms with van der Waals surface area (Å²) in [5, 5.41) is 14.9. The molecule has 5 nitrogen and oxygen atoms in total. The van der Waals surface area contributed by atoms with Crippen LogP contribution in [0.4, 0.5) is 5.69 Å². The maximum absolute atomic E-state index is 12.1. The number of carbonyl (C=O) groups is 2. The number of rotatable bonds is 3. The summed E-state index contributed by atoms with van der Waals surface area (Å²) in [5.41, 5.74) is 0.782. The number of carboxylic acids is 1. The summed E-state index contributed by atoms with van der Waals surface area (Å²) in [7, 11) is 0. The van der Waals surface area contributed by atoms with Gasteiger partial charge in [0.05, 0.1) is 17.2 Å². The van der Waals surface area contributed by atoms with Gasteiger partial charge in [-0.3, -0.25) is 4.79 Å². The summed E-state index contributed by atoms with van der Waals surface area (Å²) >= 11 is 3.27. The lowest BCUT2D eigenvalue weighted by atomic mass is 9.99. The van der Waals surface area contributed by atoms with E-state index < -0.39 is 5.97 Å². The molecule has 1 aliphatic heterocycles. The van der Waals surface area contributed by atoms with E-state index in [0.29, 0.717) is 16.7 Å². The number of benzene rings is 1. The molecule has 3 N–H and O–H groups in total. The Morgan fingerprint density at radius 2 is 2.21 bits per heavy atom. The van der Waals surface area contributed by atoms with Gasteiger partial charge in [0.15, 0.2) is 0 Å². The third-order valence-electron chi connectivity index (χ3n) is 3.14. The van der Waals surface area contributed by atoms with Gasteiger partial charge >= 0.3 is 5.97 Å².